The van der Waals surface area contributed by atoms with E-state index in [4.69, 9.17) is 10.5 Å². The number of carbonyl (C=O) groups is 2. The minimum Gasteiger partial charge on any atom is -0.449 e. The Hall–Kier alpha value is -1.26. The Balaban J connectivity index is 4.02. The quantitative estimate of drug-likeness (QED) is 0.216. The third-order valence-corrected chi connectivity index (χ3v) is 5.48. The van der Waals surface area contributed by atoms with E-state index in [9.17, 15) is 9.59 Å². The summed E-state index contributed by atoms with van der Waals surface area (Å²) in [6.45, 7) is 6.21. The molecule has 0 saturated carbocycles. The van der Waals surface area contributed by atoms with Crippen LogP contribution < -0.4 is 5.73 Å². The van der Waals surface area contributed by atoms with Crippen molar-refractivity contribution in [3.05, 3.63) is 0 Å². The van der Waals surface area contributed by atoms with Crippen molar-refractivity contribution in [3.8, 4) is 0 Å². The zero-order chi connectivity index (χ0) is 21.6. The molecule has 0 aliphatic carbocycles. The Labute approximate surface area is 180 Å². The van der Waals surface area contributed by atoms with Gasteiger partial charge in [-0.1, -0.05) is 104 Å². The van der Waals surface area contributed by atoms with Crippen LogP contribution in [0, 0.1) is 0 Å². The molecule has 0 radical (unpaired) electrons. The maximum Gasteiger partial charge on any atom is 0.404 e. The van der Waals surface area contributed by atoms with Gasteiger partial charge in [-0.2, -0.15) is 0 Å². The highest BCUT2D eigenvalue weighted by Crippen LogP contribution is 2.12. The lowest BCUT2D eigenvalue weighted by Gasteiger charge is -2.23. The highest BCUT2D eigenvalue weighted by molar-refractivity contribution is 5.76. The second-order valence-electron chi connectivity index (χ2n) is 8.25. The van der Waals surface area contributed by atoms with E-state index in [0.717, 1.165) is 25.9 Å². The van der Waals surface area contributed by atoms with Crippen molar-refractivity contribution >= 4 is 12.0 Å². The number of ether oxygens (including phenoxy) is 1. The van der Waals surface area contributed by atoms with Crippen LogP contribution in [0.25, 0.3) is 0 Å². The monoisotopic (exact) mass is 412 g/mol. The first-order valence-corrected chi connectivity index (χ1v) is 12.3. The molecule has 5 nitrogen and oxygen atoms in total. The van der Waals surface area contributed by atoms with Gasteiger partial charge < -0.3 is 15.4 Å². The number of hydrogen-bond donors (Lipinski definition) is 1. The fourth-order valence-electron chi connectivity index (χ4n) is 3.63. The molecule has 29 heavy (non-hydrogen) atoms. The summed E-state index contributed by atoms with van der Waals surface area (Å²) in [5, 5.41) is 0. The van der Waals surface area contributed by atoms with Gasteiger partial charge in [-0.25, -0.2) is 4.79 Å². The molecule has 0 atom stereocenters. The van der Waals surface area contributed by atoms with Crippen molar-refractivity contribution in [1.82, 2.24) is 4.90 Å². The summed E-state index contributed by atoms with van der Waals surface area (Å²) in [6, 6.07) is 0. The summed E-state index contributed by atoms with van der Waals surface area (Å²) in [7, 11) is 0. The number of primary amides is 1. The number of nitrogens with two attached hydrogens (primary N) is 1. The average molecular weight is 413 g/mol. The number of amides is 2. The van der Waals surface area contributed by atoms with E-state index in [1.165, 1.54) is 89.9 Å². The predicted octanol–water partition coefficient (Wildman–Crippen LogP) is 6.58. The summed E-state index contributed by atoms with van der Waals surface area (Å²) < 4.78 is 4.73. The topological polar surface area (TPSA) is 72.6 Å². The number of nitrogens with zero attached hydrogens (tertiary/aromatic N) is 1. The van der Waals surface area contributed by atoms with Crippen LogP contribution in [-0.4, -0.2) is 36.6 Å². The number of rotatable bonds is 21. The van der Waals surface area contributed by atoms with Crippen LogP contribution in [0.1, 0.15) is 123 Å². The molecule has 172 valence electrons. The molecule has 0 aromatic carbocycles. The molecule has 0 spiro atoms. The molecule has 0 fully saturated rings. The number of hydrogen-bond acceptors (Lipinski definition) is 3. The van der Waals surface area contributed by atoms with Crippen LogP contribution in [0.5, 0.6) is 0 Å². The third kappa shape index (κ3) is 19.8. The van der Waals surface area contributed by atoms with Crippen LogP contribution in [0.3, 0.4) is 0 Å². The van der Waals surface area contributed by atoms with Crippen LogP contribution in [0.4, 0.5) is 4.79 Å². The molecule has 0 rings (SSSR count). The molecule has 0 aliphatic heterocycles. The molecular formula is C24H48N2O3. The van der Waals surface area contributed by atoms with Gasteiger partial charge in [-0.3, -0.25) is 4.79 Å². The predicted molar refractivity (Wildman–Crippen MR) is 122 cm³/mol. The molecule has 2 amide bonds. The smallest absolute Gasteiger partial charge is 0.404 e. The van der Waals surface area contributed by atoms with Crippen molar-refractivity contribution in [2.45, 2.75) is 123 Å². The summed E-state index contributed by atoms with van der Waals surface area (Å²) in [5.74, 6) is 0.0807. The Morgan fingerprint density at radius 2 is 1.03 bits per heavy atom. The molecule has 0 unspecified atom stereocenters. The van der Waals surface area contributed by atoms with E-state index in [2.05, 4.69) is 13.8 Å². The molecule has 0 aliphatic rings. The van der Waals surface area contributed by atoms with E-state index >= 15 is 0 Å². The lowest BCUT2D eigenvalue weighted by atomic mass is 10.1. The fourth-order valence-corrected chi connectivity index (χ4v) is 3.63. The van der Waals surface area contributed by atoms with E-state index in [-0.39, 0.29) is 18.9 Å². The molecular weight excluding hydrogens is 364 g/mol. The average Bonchev–Trinajstić information content (AvgIpc) is 2.69. The maximum absolute atomic E-state index is 12.5. The molecule has 0 aromatic rings. The van der Waals surface area contributed by atoms with E-state index in [0.29, 0.717) is 0 Å². The van der Waals surface area contributed by atoms with Crippen LogP contribution in [0.15, 0.2) is 0 Å². The van der Waals surface area contributed by atoms with Gasteiger partial charge in [-0.05, 0) is 12.8 Å². The van der Waals surface area contributed by atoms with E-state index in [1.54, 1.807) is 0 Å². The summed E-state index contributed by atoms with van der Waals surface area (Å²) in [6.07, 6.45) is 19.7. The second kappa shape index (κ2) is 21.4. The zero-order valence-corrected chi connectivity index (χ0v) is 19.4. The van der Waals surface area contributed by atoms with Crippen molar-refractivity contribution in [2.24, 2.45) is 5.73 Å². The van der Waals surface area contributed by atoms with E-state index in [1.807, 2.05) is 4.90 Å². The van der Waals surface area contributed by atoms with E-state index < -0.39 is 6.09 Å². The second-order valence-corrected chi connectivity index (χ2v) is 8.25. The van der Waals surface area contributed by atoms with Gasteiger partial charge >= 0.3 is 6.09 Å². The van der Waals surface area contributed by atoms with Crippen LogP contribution in [-0.2, 0) is 9.53 Å². The van der Waals surface area contributed by atoms with Gasteiger partial charge in [0.15, 0.2) is 0 Å². The van der Waals surface area contributed by atoms with Crippen LogP contribution in [0.2, 0.25) is 0 Å². The third-order valence-electron chi connectivity index (χ3n) is 5.48. The Morgan fingerprint density at radius 3 is 1.41 bits per heavy atom. The molecule has 0 aromatic heterocycles. The zero-order valence-electron chi connectivity index (χ0n) is 19.4. The van der Waals surface area contributed by atoms with Gasteiger partial charge in [0.2, 0.25) is 5.91 Å². The van der Waals surface area contributed by atoms with Gasteiger partial charge in [0.1, 0.15) is 6.61 Å². The fraction of sp³-hybridized carbons (Fsp3) is 0.917. The van der Waals surface area contributed by atoms with Gasteiger partial charge in [0, 0.05) is 13.1 Å². The lowest BCUT2D eigenvalue weighted by Crippen LogP contribution is -2.34. The summed E-state index contributed by atoms with van der Waals surface area (Å²) in [5.41, 5.74) is 4.98. The Morgan fingerprint density at radius 1 is 0.655 bits per heavy atom. The molecule has 2 N–H and O–H groups in total. The van der Waals surface area contributed by atoms with Crippen molar-refractivity contribution in [2.75, 3.05) is 19.7 Å². The first kappa shape index (κ1) is 27.7. The highest BCUT2D eigenvalue weighted by Gasteiger charge is 2.13. The van der Waals surface area contributed by atoms with Gasteiger partial charge in [0.25, 0.3) is 0 Å². The number of carbonyl (C=O) groups excluding carboxylic acids is 2. The minimum atomic E-state index is -0.810. The first-order valence-electron chi connectivity index (χ1n) is 12.3. The lowest BCUT2D eigenvalue weighted by molar-refractivity contribution is -0.132. The molecule has 5 heteroatoms. The largest absolute Gasteiger partial charge is 0.449 e. The summed E-state index contributed by atoms with van der Waals surface area (Å²) in [4.78, 5) is 25.2. The van der Waals surface area contributed by atoms with Crippen molar-refractivity contribution < 1.29 is 14.3 Å². The number of unbranched alkanes of at least 4 members (excludes halogenated alkanes) is 14. The Bertz CT molecular complexity index is 368. The molecule has 0 bridgehead atoms. The van der Waals surface area contributed by atoms with Crippen molar-refractivity contribution in [3.63, 3.8) is 0 Å². The Kier molecular flexibility index (Phi) is 20.5. The summed E-state index contributed by atoms with van der Waals surface area (Å²) >= 11 is 0. The highest BCUT2D eigenvalue weighted by atomic mass is 16.5. The van der Waals surface area contributed by atoms with Crippen LogP contribution >= 0.6 is 0 Å². The minimum absolute atomic E-state index is 0.0807. The standard InChI is InChI=1S/C24H48N2O3/c1-3-5-7-9-11-13-15-17-20-26(23(27)19-22-29-24(25)28)21-18-16-14-12-10-8-6-4-2/h3-22H2,1-2H3,(H2,25,28). The van der Waals surface area contributed by atoms with Crippen molar-refractivity contribution in [1.29, 1.82) is 0 Å². The molecule has 0 heterocycles. The maximum atomic E-state index is 12.5. The molecule has 0 saturated heterocycles. The first-order chi connectivity index (χ1) is 14.1. The van der Waals surface area contributed by atoms with Gasteiger partial charge in [0.05, 0.1) is 6.42 Å². The SMILES string of the molecule is CCCCCCCCCCN(CCCCCCCCCC)C(=O)CCOC(N)=O. The van der Waals surface area contributed by atoms with Gasteiger partial charge in [-0.15, -0.1) is 0 Å². The normalized spacial score (nSPS) is 10.8.